The van der Waals surface area contributed by atoms with Gasteiger partial charge < -0.3 is 10.0 Å². The van der Waals surface area contributed by atoms with Crippen molar-refractivity contribution in [1.29, 1.82) is 0 Å². The van der Waals surface area contributed by atoms with Crippen molar-refractivity contribution in [2.75, 3.05) is 18.0 Å². The summed E-state index contributed by atoms with van der Waals surface area (Å²) in [6.45, 7) is 0.382. The molecule has 0 spiro atoms. The molecule has 1 aliphatic heterocycles. The van der Waals surface area contributed by atoms with Gasteiger partial charge in [-0.1, -0.05) is 18.2 Å². The van der Waals surface area contributed by atoms with Gasteiger partial charge in [0.1, 0.15) is 10.7 Å². The molecule has 31 heavy (non-hydrogen) atoms. The monoisotopic (exact) mass is 452 g/mol. The van der Waals surface area contributed by atoms with Crippen molar-refractivity contribution in [3.8, 4) is 0 Å². The molecule has 3 heterocycles. The van der Waals surface area contributed by atoms with E-state index in [0.717, 1.165) is 10.7 Å². The quantitative estimate of drug-likeness (QED) is 0.616. The van der Waals surface area contributed by atoms with Crippen molar-refractivity contribution in [1.82, 2.24) is 14.8 Å². The second-order valence-corrected chi connectivity index (χ2v) is 8.07. The Morgan fingerprint density at radius 1 is 1.16 bits per heavy atom. The number of aliphatic hydroxyl groups excluding tert-OH is 1. The molecular weight excluding hydrogens is 436 g/mol. The molecule has 0 aliphatic carbocycles. The average molecular weight is 452 g/mol. The van der Waals surface area contributed by atoms with Crippen LogP contribution in [0.15, 0.2) is 53.5 Å². The van der Waals surface area contributed by atoms with Crippen LogP contribution in [-0.2, 0) is 12.7 Å². The van der Waals surface area contributed by atoms with E-state index in [4.69, 9.17) is 0 Å². The molecule has 0 amide bonds. The van der Waals surface area contributed by atoms with Crippen LogP contribution >= 0.6 is 11.3 Å². The number of β-amino-alcohol motifs (C(OH)–C–C–N with tert-alkyl or cyclic N) is 1. The van der Waals surface area contributed by atoms with Gasteiger partial charge in [0.2, 0.25) is 0 Å². The third-order valence-corrected chi connectivity index (χ3v) is 5.89. The van der Waals surface area contributed by atoms with E-state index in [9.17, 15) is 27.5 Å². The molecule has 6 nitrogen and oxygen atoms in total. The molecule has 0 fully saturated rings. The number of rotatable bonds is 4. The Kier molecular flexibility index (Phi) is 5.63. The SMILES string of the molecule is O=c1nc(N2CC=C(c3ccc(F)cc3)[C@@H](O)C2)cnn1Cc1ccc(C(F)(F)F)s1. The zero-order valence-electron chi connectivity index (χ0n) is 15.9. The van der Waals surface area contributed by atoms with E-state index >= 15 is 0 Å². The van der Waals surface area contributed by atoms with Crippen molar-refractivity contribution in [3.05, 3.63) is 80.3 Å². The van der Waals surface area contributed by atoms with Crippen LogP contribution in [0.5, 0.6) is 0 Å². The number of hydrogen-bond donors (Lipinski definition) is 1. The molecule has 1 atom stereocenters. The number of anilines is 1. The molecule has 1 N–H and O–H groups in total. The van der Waals surface area contributed by atoms with Gasteiger partial charge in [0.05, 0.1) is 18.8 Å². The lowest BCUT2D eigenvalue weighted by Gasteiger charge is -2.31. The van der Waals surface area contributed by atoms with Crippen molar-refractivity contribution >= 4 is 22.7 Å². The second-order valence-electron chi connectivity index (χ2n) is 6.91. The summed E-state index contributed by atoms with van der Waals surface area (Å²) in [5.74, 6) is -0.124. The summed E-state index contributed by atoms with van der Waals surface area (Å²) in [5, 5.41) is 14.5. The van der Waals surface area contributed by atoms with Crippen LogP contribution in [0.3, 0.4) is 0 Å². The minimum Gasteiger partial charge on any atom is -0.387 e. The van der Waals surface area contributed by atoms with E-state index in [1.54, 1.807) is 23.1 Å². The molecule has 162 valence electrons. The van der Waals surface area contributed by atoms with Gasteiger partial charge in [0.25, 0.3) is 0 Å². The van der Waals surface area contributed by atoms with Gasteiger partial charge in [0, 0.05) is 18.0 Å². The largest absolute Gasteiger partial charge is 0.425 e. The van der Waals surface area contributed by atoms with E-state index in [2.05, 4.69) is 10.1 Å². The summed E-state index contributed by atoms with van der Waals surface area (Å²) in [6, 6.07) is 8.05. The summed E-state index contributed by atoms with van der Waals surface area (Å²) in [5.41, 5.74) is 0.641. The molecular formula is C20H16F4N4O2S. The van der Waals surface area contributed by atoms with Crippen LogP contribution in [0.2, 0.25) is 0 Å². The van der Waals surface area contributed by atoms with Gasteiger partial charge in [-0.25, -0.2) is 13.9 Å². The molecule has 0 saturated heterocycles. The third kappa shape index (κ3) is 4.67. The first-order chi connectivity index (χ1) is 14.7. The van der Waals surface area contributed by atoms with Crippen LogP contribution in [-0.4, -0.2) is 39.1 Å². The highest BCUT2D eigenvalue weighted by atomic mass is 32.1. The fourth-order valence-corrected chi connectivity index (χ4v) is 4.10. The minimum atomic E-state index is -4.43. The second kappa shape index (κ2) is 8.23. The number of nitrogens with zero attached hydrogens (tertiary/aromatic N) is 4. The number of aliphatic hydroxyl groups is 1. The summed E-state index contributed by atoms with van der Waals surface area (Å²) in [7, 11) is 0. The number of aromatic nitrogens is 3. The van der Waals surface area contributed by atoms with Crippen LogP contribution < -0.4 is 10.6 Å². The number of halogens is 4. The predicted molar refractivity (Wildman–Crippen MR) is 107 cm³/mol. The van der Waals surface area contributed by atoms with Gasteiger partial charge in [0.15, 0.2) is 5.82 Å². The summed E-state index contributed by atoms with van der Waals surface area (Å²) in [6.07, 6.45) is -2.21. The first kappa shape index (κ1) is 21.2. The number of benzene rings is 1. The predicted octanol–water partition coefficient (Wildman–Crippen LogP) is 3.17. The molecule has 4 rings (SSSR count). The Bertz CT molecular complexity index is 1170. The molecule has 0 unspecified atom stereocenters. The van der Waals surface area contributed by atoms with Crippen molar-refractivity contribution in [2.45, 2.75) is 18.8 Å². The molecule has 11 heteroatoms. The van der Waals surface area contributed by atoms with Crippen LogP contribution in [0.25, 0.3) is 5.57 Å². The van der Waals surface area contributed by atoms with Gasteiger partial charge in [-0.15, -0.1) is 11.3 Å². The maximum Gasteiger partial charge on any atom is 0.425 e. The lowest BCUT2D eigenvalue weighted by atomic mass is 9.97. The molecule has 0 bridgehead atoms. The Morgan fingerprint density at radius 3 is 2.52 bits per heavy atom. The van der Waals surface area contributed by atoms with E-state index < -0.39 is 22.8 Å². The topological polar surface area (TPSA) is 71.2 Å². The molecule has 1 aliphatic rings. The lowest BCUT2D eigenvalue weighted by molar-refractivity contribution is -0.134. The van der Waals surface area contributed by atoms with Crippen molar-refractivity contribution in [3.63, 3.8) is 0 Å². The van der Waals surface area contributed by atoms with Crippen molar-refractivity contribution < 1.29 is 22.7 Å². The van der Waals surface area contributed by atoms with Crippen LogP contribution in [0.1, 0.15) is 15.3 Å². The first-order valence-electron chi connectivity index (χ1n) is 9.20. The zero-order chi connectivity index (χ0) is 22.2. The van der Waals surface area contributed by atoms with Gasteiger partial charge in [-0.2, -0.15) is 23.3 Å². The van der Waals surface area contributed by atoms with E-state index in [1.165, 1.54) is 24.4 Å². The Hall–Kier alpha value is -3.05. The highest BCUT2D eigenvalue weighted by Crippen LogP contribution is 2.34. The number of hydrogen-bond acceptors (Lipinski definition) is 6. The van der Waals surface area contributed by atoms with Crippen LogP contribution in [0.4, 0.5) is 23.4 Å². The highest BCUT2D eigenvalue weighted by Gasteiger charge is 2.32. The highest BCUT2D eigenvalue weighted by molar-refractivity contribution is 7.12. The fourth-order valence-electron chi connectivity index (χ4n) is 3.24. The minimum absolute atomic E-state index is 0.121. The standard InChI is InChI=1S/C20H16F4N4O2S/c21-13-3-1-12(2-4-13)15-7-8-27(11-16(15)29)18-9-25-28(19(30)26-18)10-14-5-6-17(31-14)20(22,23)24/h1-7,9,16,29H,8,10-11H2/t16-/m0/s1. The maximum absolute atomic E-state index is 13.1. The molecule has 0 radical (unpaired) electrons. The Morgan fingerprint density at radius 2 is 1.90 bits per heavy atom. The Labute approximate surface area is 177 Å². The molecule has 2 aromatic heterocycles. The zero-order valence-corrected chi connectivity index (χ0v) is 16.7. The first-order valence-corrected chi connectivity index (χ1v) is 10.0. The van der Waals surface area contributed by atoms with Crippen LogP contribution in [0, 0.1) is 5.82 Å². The van der Waals surface area contributed by atoms with Gasteiger partial charge >= 0.3 is 11.9 Å². The van der Waals surface area contributed by atoms with Gasteiger partial charge in [-0.05, 0) is 35.4 Å². The maximum atomic E-state index is 13.1. The smallest absolute Gasteiger partial charge is 0.387 e. The average Bonchev–Trinajstić information content (AvgIpc) is 3.19. The summed E-state index contributed by atoms with van der Waals surface area (Å²) in [4.78, 5) is 17.5. The Balaban J connectivity index is 1.49. The molecule has 1 aromatic carbocycles. The number of alkyl halides is 3. The molecule has 0 saturated carbocycles. The van der Waals surface area contributed by atoms with Gasteiger partial charge in [-0.3, -0.25) is 0 Å². The molecule has 3 aromatic rings. The lowest BCUT2D eigenvalue weighted by Crippen LogP contribution is -2.39. The normalized spacial score (nSPS) is 17.0. The summed E-state index contributed by atoms with van der Waals surface area (Å²) < 4.78 is 52.3. The van der Waals surface area contributed by atoms with E-state index in [0.29, 0.717) is 33.9 Å². The fraction of sp³-hybridized carbons (Fsp3) is 0.250. The van der Waals surface area contributed by atoms with Crippen molar-refractivity contribution in [2.24, 2.45) is 0 Å². The third-order valence-electron chi connectivity index (χ3n) is 4.78. The van der Waals surface area contributed by atoms with E-state index in [-0.39, 0.29) is 24.7 Å². The van der Waals surface area contributed by atoms with E-state index in [1.807, 2.05) is 0 Å². The summed E-state index contributed by atoms with van der Waals surface area (Å²) >= 11 is 0.548. The number of thiophene rings is 1.